The van der Waals surface area contributed by atoms with E-state index in [9.17, 15) is 14.7 Å². The molecule has 0 bridgehead atoms. The molecule has 0 saturated heterocycles. The first-order valence-corrected chi connectivity index (χ1v) is 7.05. The number of aromatic nitrogens is 2. The summed E-state index contributed by atoms with van der Waals surface area (Å²) < 4.78 is 6.44. The third-order valence-electron chi connectivity index (χ3n) is 3.13. The molecule has 6 nitrogen and oxygen atoms in total. The molecule has 116 valence electrons. The quantitative estimate of drug-likeness (QED) is 0.746. The maximum atomic E-state index is 12.0. The second-order valence-corrected chi connectivity index (χ2v) is 5.22. The van der Waals surface area contributed by atoms with Gasteiger partial charge in [-0.1, -0.05) is 11.6 Å². The van der Waals surface area contributed by atoms with E-state index in [1.807, 2.05) is 0 Å². The van der Waals surface area contributed by atoms with Crippen LogP contribution in [-0.4, -0.2) is 20.5 Å². The predicted molar refractivity (Wildman–Crippen MR) is 83.7 cm³/mol. The molecule has 3 aromatic rings. The van der Waals surface area contributed by atoms with Crippen LogP contribution < -0.4 is 5.56 Å². The lowest BCUT2D eigenvalue weighted by Crippen LogP contribution is -2.16. The minimum absolute atomic E-state index is 0.0597. The van der Waals surface area contributed by atoms with Gasteiger partial charge in [-0.2, -0.15) is 0 Å². The Balaban J connectivity index is 1.79. The summed E-state index contributed by atoms with van der Waals surface area (Å²) in [6.07, 6.45) is 1.47. The Labute approximate surface area is 135 Å². The average molecular weight is 331 g/mol. The van der Waals surface area contributed by atoms with Crippen LogP contribution in [0.15, 0.2) is 53.5 Å². The zero-order valence-corrected chi connectivity index (χ0v) is 12.5. The summed E-state index contributed by atoms with van der Waals surface area (Å²) in [4.78, 5) is 28.1. The van der Waals surface area contributed by atoms with E-state index in [0.717, 1.165) is 0 Å². The van der Waals surface area contributed by atoms with Crippen molar-refractivity contribution in [3.63, 3.8) is 0 Å². The van der Waals surface area contributed by atoms with Crippen molar-refractivity contribution in [3.05, 3.63) is 75.3 Å². The highest BCUT2D eigenvalue weighted by Gasteiger charge is 2.09. The number of benzene rings is 1. The van der Waals surface area contributed by atoms with Crippen LogP contribution in [0.25, 0.3) is 5.65 Å². The van der Waals surface area contributed by atoms with Gasteiger partial charge in [-0.3, -0.25) is 9.20 Å². The smallest absolute Gasteiger partial charge is 0.338 e. The number of phenols is 1. The number of hydrogen-bond acceptors (Lipinski definition) is 5. The number of phenolic OH excluding ortho intramolecular Hbond substituents is 1. The SMILES string of the molecule is O=C(OCc1cc(=O)n2cc(Cl)ccc2n1)c1ccc(O)cc1. The van der Waals surface area contributed by atoms with E-state index in [2.05, 4.69) is 4.98 Å². The summed E-state index contributed by atoms with van der Waals surface area (Å²) in [5, 5.41) is 9.61. The van der Waals surface area contributed by atoms with Crippen LogP contribution in [0.2, 0.25) is 5.02 Å². The summed E-state index contributed by atoms with van der Waals surface area (Å²) in [5.41, 5.74) is 0.738. The van der Waals surface area contributed by atoms with Gasteiger partial charge < -0.3 is 9.84 Å². The molecule has 2 aromatic heterocycles. The van der Waals surface area contributed by atoms with Crippen LogP contribution in [0.5, 0.6) is 5.75 Å². The molecule has 0 radical (unpaired) electrons. The first-order valence-electron chi connectivity index (χ1n) is 6.67. The number of carbonyl (C=O) groups excluding carboxylic acids is 1. The summed E-state index contributed by atoms with van der Waals surface area (Å²) in [6, 6.07) is 10.2. The van der Waals surface area contributed by atoms with Crippen molar-refractivity contribution in [1.82, 2.24) is 9.38 Å². The summed E-state index contributed by atoms with van der Waals surface area (Å²) in [6.45, 7) is -0.131. The fourth-order valence-electron chi connectivity index (χ4n) is 2.02. The van der Waals surface area contributed by atoms with Crippen molar-refractivity contribution in [2.24, 2.45) is 0 Å². The predicted octanol–water partition coefficient (Wildman–Crippen LogP) is 2.41. The van der Waals surface area contributed by atoms with Gasteiger partial charge >= 0.3 is 5.97 Å². The van der Waals surface area contributed by atoms with E-state index in [4.69, 9.17) is 16.3 Å². The van der Waals surface area contributed by atoms with Gasteiger partial charge in [0.15, 0.2) is 0 Å². The Bertz CT molecular complexity index is 935. The number of pyridine rings is 1. The first kappa shape index (κ1) is 15.1. The monoisotopic (exact) mass is 330 g/mol. The third kappa shape index (κ3) is 3.32. The zero-order valence-electron chi connectivity index (χ0n) is 11.8. The lowest BCUT2D eigenvalue weighted by atomic mass is 10.2. The van der Waals surface area contributed by atoms with E-state index >= 15 is 0 Å². The topological polar surface area (TPSA) is 80.9 Å². The highest BCUT2D eigenvalue weighted by Crippen LogP contribution is 2.12. The van der Waals surface area contributed by atoms with Crippen LogP contribution in [0, 0.1) is 0 Å². The standard InChI is InChI=1S/C16H11ClN2O4/c17-11-3-6-14-18-12(7-15(21)19(14)8-11)9-23-16(22)10-1-4-13(20)5-2-10/h1-8,20H,9H2. The summed E-state index contributed by atoms with van der Waals surface area (Å²) >= 11 is 5.84. The molecular weight excluding hydrogens is 320 g/mol. The molecular formula is C16H11ClN2O4. The second kappa shape index (κ2) is 6.10. The largest absolute Gasteiger partial charge is 0.508 e. The molecule has 0 unspecified atom stereocenters. The van der Waals surface area contributed by atoms with Gasteiger partial charge in [0, 0.05) is 12.3 Å². The number of carbonyl (C=O) groups is 1. The number of esters is 1. The lowest BCUT2D eigenvalue weighted by Gasteiger charge is -2.06. The molecule has 0 aliphatic heterocycles. The molecule has 0 aliphatic rings. The number of fused-ring (bicyclic) bond motifs is 1. The summed E-state index contributed by atoms with van der Waals surface area (Å²) in [7, 11) is 0. The highest BCUT2D eigenvalue weighted by atomic mass is 35.5. The van der Waals surface area contributed by atoms with E-state index in [-0.39, 0.29) is 17.9 Å². The van der Waals surface area contributed by atoms with Crippen LogP contribution in [0.4, 0.5) is 0 Å². The van der Waals surface area contributed by atoms with Gasteiger partial charge in [-0.15, -0.1) is 0 Å². The maximum Gasteiger partial charge on any atom is 0.338 e. The second-order valence-electron chi connectivity index (χ2n) is 4.78. The normalized spacial score (nSPS) is 10.7. The van der Waals surface area contributed by atoms with Crippen molar-refractivity contribution >= 4 is 23.2 Å². The number of ether oxygens (including phenoxy) is 1. The van der Waals surface area contributed by atoms with Crippen molar-refractivity contribution in [2.45, 2.75) is 6.61 Å². The molecule has 3 rings (SSSR count). The molecule has 0 fully saturated rings. The van der Waals surface area contributed by atoms with Gasteiger partial charge in [0.1, 0.15) is 18.0 Å². The van der Waals surface area contributed by atoms with Gasteiger partial charge in [0.2, 0.25) is 0 Å². The van der Waals surface area contributed by atoms with E-state index < -0.39 is 5.97 Å². The van der Waals surface area contributed by atoms with Crippen LogP contribution in [-0.2, 0) is 11.3 Å². The van der Waals surface area contributed by atoms with E-state index in [1.165, 1.54) is 40.9 Å². The van der Waals surface area contributed by atoms with Gasteiger partial charge in [0.25, 0.3) is 5.56 Å². The fourth-order valence-corrected chi connectivity index (χ4v) is 2.18. The van der Waals surface area contributed by atoms with Crippen LogP contribution in [0.1, 0.15) is 16.1 Å². The Morgan fingerprint density at radius 2 is 1.96 bits per heavy atom. The third-order valence-corrected chi connectivity index (χ3v) is 3.35. The highest BCUT2D eigenvalue weighted by molar-refractivity contribution is 6.30. The Morgan fingerprint density at radius 3 is 2.70 bits per heavy atom. The minimum atomic E-state index is -0.567. The van der Waals surface area contributed by atoms with Gasteiger partial charge in [0.05, 0.1) is 16.3 Å². The molecule has 23 heavy (non-hydrogen) atoms. The number of aromatic hydroxyl groups is 1. The molecule has 0 atom stereocenters. The van der Waals surface area contributed by atoms with Crippen molar-refractivity contribution in [2.75, 3.05) is 0 Å². The number of rotatable bonds is 3. The Kier molecular flexibility index (Phi) is 3.99. The van der Waals surface area contributed by atoms with Crippen molar-refractivity contribution in [1.29, 1.82) is 0 Å². The molecule has 7 heteroatoms. The van der Waals surface area contributed by atoms with Crippen LogP contribution in [0.3, 0.4) is 0 Å². The lowest BCUT2D eigenvalue weighted by molar-refractivity contribution is 0.0467. The van der Waals surface area contributed by atoms with Crippen LogP contribution >= 0.6 is 11.6 Å². The average Bonchev–Trinajstić information content (AvgIpc) is 2.54. The fraction of sp³-hybridized carbons (Fsp3) is 0.0625. The van der Waals surface area contributed by atoms with E-state index in [0.29, 0.717) is 21.9 Å². The molecule has 1 N–H and O–H groups in total. The van der Waals surface area contributed by atoms with Crippen molar-refractivity contribution in [3.8, 4) is 5.75 Å². The van der Waals surface area contributed by atoms with Gasteiger partial charge in [-0.25, -0.2) is 9.78 Å². The molecule has 2 heterocycles. The molecule has 0 aliphatic carbocycles. The number of halogens is 1. The maximum absolute atomic E-state index is 12.0. The van der Waals surface area contributed by atoms with E-state index in [1.54, 1.807) is 12.1 Å². The molecule has 0 amide bonds. The summed E-state index contributed by atoms with van der Waals surface area (Å²) in [5.74, 6) is -0.507. The van der Waals surface area contributed by atoms with Gasteiger partial charge in [-0.05, 0) is 36.4 Å². The minimum Gasteiger partial charge on any atom is -0.508 e. The Morgan fingerprint density at radius 1 is 1.22 bits per heavy atom. The first-order chi connectivity index (χ1) is 11.0. The molecule has 1 aromatic carbocycles. The number of hydrogen-bond donors (Lipinski definition) is 1. The molecule has 0 saturated carbocycles. The molecule has 0 spiro atoms. The van der Waals surface area contributed by atoms with Crippen molar-refractivity contribution < 1.29 is 14.6 Å². The Hall–Kier alpha value is -2.86. The number of nitrogens with zero attached hydrogens (tertiary/aromatic N) is 2. The zero-order chi connectivity index (χ0) is 16.4.